The number of hydrogen-bond donors (Lipinski definition) is 2. The summed E-state index contributed by atoms with van der Waals surface area (Å²) in [5, 5.41) is 8.13. The zero-order valence-corrected chi connectivity index (χ0v) is 13.8. The number of halogens is 4. The highest BCUT2D eigenvalue weighted by molar-refractivity contribution is 7.99. The fourth-order valence-electron chi connectivity index (χ4n) is 1.56. The molecule has 1 heterocycles. The quantitative estimate of drug-likeness (QED) is 0.732. The van der Waals surface area contributed by atoms with E-state index in [4.69, 9.17) is 51.5 Å². The van der Waals surface area contributed by atoms with Crippen molar-refractivity contribution < 1.29 is 8.42 Å². The van der Waals surface area contributed by atoms with Crippen LogP contribution in [0, 0.1) is 0 Å². The van der Waals surface area contributed by atoms with Gasteiger partial charge in [-0.3, -0.25) is 0 Å². The van der Waals surface area contributed by atoms with E-state index in [1.165, 1.54) is 23.9 Å². The Balaban J connectivity index is 2.42. The van der Waals surface area contributed by atoms with E-state index in [0.29, 0.717) is 16.3 Å². The topological polar surface area (TPSA) is 72.2 Å². The highest BCUT2D eigenvalue weighted by Gasteiger charge is 2.36. The SMILES string of the molecule is NS(=O)(=O)c1cc2c(cc1Cl)NC(C(Cl)(Cl)Cl)CS2. The molecule has 1 unspecified atom stereocenters. The number of primary sulfonamides is 1. The summed E-state index contributed by atoms with van der Waals surface area (Å²) in [4.78, 5) is 0.577. The second kappa shape index (κ2) is 5.33. The number of nitrogens with two attached hydrogens (primary N) is 1. The van der Waals surface area contributed by atoms with Gasteiger partial charge in [-0.2, -0.15) is 0 Å². The minimum atomic E-state index is -3.86. The van der Waals surface area contributed by atoms with Crippen LogP contribution in [0.15, 0.2) is 21.9 Å². The molecule has 1 aromatic rings. The third kappa shape index (κ3) is 3.56. The summed E-state index contributed by atoms with van der Waals surface area (Å²) >= 11 is 24.8. The number of hydrogen-bond acceptors (Lipinski definition) is 4. The van der Waals surface area contributed by atoms with Crippen molar-refractivity contribution in [2.75, 3.05) is 11.1 Å². The van der Waals surface area contributed by atoms with Crippen LogP contribution in [-0.2, 0) is 10.0 Å². The normalized spacial score (nSPS) is 19.7. The van der Waals surface area contributed by atoms with E-state index in [1.54, 1.807) is 0 Å². The van der Waals surface area contributed by atoms with Gasteiger partial charge in [0, 0.05) is 16.3 Å². The summed E-state index contributed by atoms with van der Waals surface area (Å²) < 4.78 is 21.3. The average Bonchev–Trinajstić information content (AvgIpc) is 2.24. The van der Waals surface area contributed by atoms with Crippen molar-refractivity contribution >= 4 is 73.9 Å². The fourth-order valence-corrected chi connectivity index (χ4v) is 4.56. The molecule has 106 valence electrons. The van der Waals surface area contributed by atoms with Gasteiger partial charge in [0.15, 0.2) is 0 Å². The molecule has 4 nitrogen and oxygen atoms in total. The molecule has 1 atom stereocenters. The maximum atomic E-state index is 11.4. The number of nitrogens with one attached hydrogen (secondary N) is 1. The molecule has 1 aliphatic rings. The smallest absolute Gasteiger partial charge is 0.239 e. The molecule has 0 aliphatic carbocycles. The molecule has 0 fully saturated rings. The first-order chi connectivity index (χ1) is 8.59. The summed E-state index contributed by atoms with van der Waals surface area (Å²) in [6.07, 6.45) is 0. The van der Waals surface area contributed by atoms with E-state index in [2.05, 4.69) is 5.32 Å². The molecule has 1 aliphatic heterocycles. The van der Waals surface area contributed by atoms with Crippen LogP contribution in [0.2, 0.25) is 5.02 Å². The van der Waals surface area contributed by atoms with Crippen LogP contribution in [0.25, 0.3) is 0 Å². The Labute approximate surface area is 135 Å². The molecule has 1 aromatic carbocycles. The van der Waals surface area contributed by atoms with E-state index in [1.807, 2.05) is 0 Å². The predicted octanol–water partition coefficient (Wildman–Crippen LogP) is 3.24. The lowest BCUT2D eigenvalue weighted by Crippen LogP contribution is -2.38. The first-order valence-corrected chi connectivity index (χ1v) is 8.96. The van der Waals surface area contributed by atoms with Crippen molar-refractivity contribution in [2.45, 2.75) is 19.6 Å². The van der Waals surface area contributed by atoms with Crippen LogP contribution in [-0.4, -0.2) is 24.0 Å². The number of anilines is 1. The number of thioether (sulfide) groups is 1. The largest absolute Gasteiger partial charge is 0.376 e. The molecule has 19 heavy (non-hydrogen) atoms. The second-order valence-corrected chi connectivity index (χ2v) is 9.24. The molecular formula is C9H8Cl4N2O2S2. The number of alkyl halides is 3. The lowest BCUT2D eigenvalue weighted by atomic mass is 10.2. The Kier molecular flexibility index (Phi) is 4.44. The third-order valence-corrected chi connectivity index (χ3v) is 5.79. The Bertz CT molecular complexity index is 615. The lowest BCUT2D eigenvalue weighted by Gasteiger charge is -2.31. The zero-order valence-electron chi connectivity index (χ0n) is 9.16. The van der Waals surface area contributed by atoms with Gasteiger partial charge in [-0.1, -0.05) is 46.4 Å². The van der Waals surface area contributed by atoms with Crippen molar-refractivity contribution in [3.8, 4) is 0 Å². The van der Waals surface area contributed by atoms with E-state index < -0.39 is 19.9 Å². The van der Waals surface area contributed by atoms with Crippen molar-refractivity contribution in [3.05, 3.63) is 17.2 Å². The predicted molar refractivity (Wildman–Crippen MR) is 81.2 cm³/mol. The van der Waals surface area contributed by atoms with Gasteiger partial charge in [-0.15, -0.1) is 11.8 Å². The van der Waals surface area contributed by atoms with Gasteiger partial charge in [0.1, 0.15) is 4.90 Å². The van der Waals surface area contributed by atoms with Gasteiger partial charge < -0.3 is 5.32 Å². The maximum absolute atomic E-state index is 11.4. The van der Waals surface area contributed by atoms with Gasteiger partial charge in [0.2, 0.25) is 13.8 Å². The van der Waals surface area contributed by atoms with E-state index >= 15 is 0 Å². The monoisotopic (exact) mass is 380 g/mol. The standard InChI is InChI=1S/C9H8Cl4N2O2S2/c10-4-1-5-6(2-7(4)19(14,16)17)18-3-8(15-5)9(11,12)13/h1-2,8,15H,3H2,(H2,14,16,17). The van der Waals surface area contributed by atoms with Crippen LogP contribution in [0.5, 0.6) is 0 Å². The van der Waals surface area contributed by atoms with Crippen molar-refractivity contribution in [1.29, 1.82) is 0 Å². The molecule has 0 saturated carbocycles. The van der Waals surface area contributed by atoms with Gasteiger partial charge in [-0.25, -0.2) is 13.6 Å². The van der Waals surface area contributed by atoms with Crippen LogP contribution >= 0.6 is 58.2 Å². The molecular weight excluding hydrogens is 374 g/mol. The molecule has 0 aromatic heterocycles. The maximum Gasteiger partial charge on any atom is 0.239 e. The third-order valence-electron chi connectivity index (χ3n) is 2.47. The van der Waals surface area contributed by atoms with Crippen LogP contribution in [0.3, 0.4) is 0 Å². The second-order valence-electron chi connectivity index (χ2n) is 3.87. The van der Waals surface area contributed by atoms with Crippen LogP contribution in [0.4, 0.5) is 5.69 Å². The molecule has 3 N–H and O–H groups in total. The molecule has 0 amide bonds. The van der Waals surface area contributed by atoms with E-state index in [0.717, 1.165) is 0 Å². The highest BCUT2D eigenvalue weighted by Crippen LogP contribution is 2.43. The van der Waals surface area contributed by atoms with Gasteiger partial charge in [0.25, 0.3) is 0 Å². The minimum Gasteiger partial charge on any atom is -0.376 e. The number of benzene rings is 1. The van der Waals surface area contributed by atoms with Crippen molar-refractivity contribution in [2.24, 2.45) is 5.14 Å². The van der Waals surface area contributed by atoms with Crippen molar-refractivity contribution in [3.63, 3.8) is 0 Å². The molecule has 0 saturated heterocycles. The Morgan fingerprint density at radius 1 is 1.37 bits per heavy atom. The number of rotatable bonds is 1. The highest BCUT2D eigenvalue weighted by atomic mass is 35.6. The lowest BCUT2D eigenvalue weighted by molar-refractivity contribution is 0.597. The first-order valence-electron chi connectivity index (χ1n) is 4.91. The fraction of sp³-hybridized carbons (Fsp3) is 0.333. The molecule has 0 spiro atoms. The van der Waals surface area contributed by atoms with Gasteiger partial charge in [0.05, 0.1) is 11.1 Å². The van der Waals surface area contributed by atoms with E-state index in [9.17, 15) is 8.42 Å². The summed E-state index contributed by atoms with van der Waals surface area (Å²) in [6.45, 7) is 0. The summed E-state index contributed by atoms with van der Waals surface area (Å²) in [6, 6.07) is 2.48. The molecule has 2 rings (SSSR count). The summed E-state index contributed by atoms with van der Waals surface area (Å²) in [5.41, 5.74) is 0.616. The van der Waals surface area contributed by atoms with Crippen LogP contribution < -0.4 is 10.5 Å². The minimum absolute atomic E-state index is 0.0271. The number of sulfonamides is 1. The summed E-state index contributed by atoms with van der Waals surface area (Å²) in [5.74, 6) is 0.481. The Morgan fingerprint density at radius 2 is 2.00 bits per heavy atom. The molecule has 10 heteroatoms. The summed E-state index contributed by atoms with van der Waals surface area (Å²) in [7, 11) is -3.86. The molecule has 0 radical (unpaired) electrons. The van der Waals surface area contributed by atoms with E-state index in [-0.39, 0.29) is 9.92 Å². The average molecular weight is 382 g/mol. The van der Waals surface area contributed by atoms with Crippen LogP contribution in [0.1, 0.15) is 0 Å². The number of fused-ring (bicyclic) bond motifs is 1. The van der Waals surface area contributed by atoms with Gasteiger partial charge in [-0.05, 0) is 12.1 Å². The zero-order chi connectivity index (χ0) is 14.4. The first kappa shape index (κ1) is 15.8. The van der Waals surface area contributed by atoms with Crippen molar-refractivity contribution in [1.82, 2.24) is 0 Å². The Hall–Kier alpha value is 0.440. The Morgan fingerprint density at radius 3 is 2.53 bits per heavy atom. The van der Waals surface area contributed by atoms with Gasteiger partial charge >= 0.3 is 0 Å². The molecule has 0 bridgehead atoms.